The van der Waals surface area contributed by atoms with Gasteiger partial charge < -0.3 is 9.53 Å². The molecule has 0 spiro atoms. The summed E-state index contributed by atoms with van der Waals surface area (Å²) in [6.45, 7) is 1.62. The molecular formula is C20H21N3O2S. The number of hydrogen-bond donors (Lipinski definition) is 0. The van der Waals surface area contributed by atoms with Crippen LogP contribution in [0.1, 0.15) is 19.8 Å². The first-order chi connectivity index (χ1) is 12.7. The number of hydrogen-bond acceptors (Lipinski definition) is 5. The molecule has 6 heteroatoms. The minimum atomic E-state index is 0.215. The number of aromatic nitrogens is 3. The van der Waals surface area contributed by atoms with Gasteiger partial charge in [0.1, 0.15) is 11.5 Å². The number of Topliss-reactive ketones (excluding diaryl/α,β-unsaturated/α-hetero) is 1. The molecule has 0 saturated carbocycles. The van der Waals surface area contributed by atoms with Gasteiger partial charge in [-0.25, -0.2) is 0 Å². The van der Waals surface area contributed by atoms with Crippen LogP contribution in [0.4, 0.5) is 0 Å². The summed E-state index contributed by atoms with van der Waals surface area (Å²) in [7, 11) is 1.65. The summed E-state index contributed by atoms with van der Waals surface area (Å²) < 4.78 is 7.38. The van der Waals surface area contributed by atoms with E-state index in [1.165, 1.54) is 0 Å². The lowest BCUT2D eigenvalue weighted by Gasteiger charge is -2.11. The first kappa shape index (κ1) is 18.2. The molecule has 0 aliphatic heterocycles. The largest absolute Gasteiger partial charge is 0.497 e. The van der Waals surface area contributed by atoms with Crippen molar-refractivity contribution in [1.82, 2.24) is 14.8 Å². The first-order valence-electron chi connectivity index (χ1n) is 8.46. The zero-order valence-electron chi connectivity index (χ0n) is 14.9. The second-order valence-electron chi connectivity index (χ2n) is 5.86. The van der Waals surface area contributed by atoms with E-state index in [9.17, 15) is 4.79 Å². The van der Waals surface area contributed by atoms with Gasteiger partial charge in [-0.2, -0.15) is 0 Å². The van der Waals surface area contributed by atoms with Crippen molar-refractivity contribution in [1.29, 1.82) is 0 Å². The van der Waals surface area contributed by atoms with Crippen molar-refractivity contribution < 1.29 is 9.53 Å². The molecule has 26 heavy (non-hydrogen) atoms. The van der Waals surface area contributed by atoms with E-state index in [-0.39, 0.29) is 5.78 Å². The summed E-state index contributed by atoms with van der Waals surface area (Å²) in [6, 6.07) is 17.8. The fourth-order valence-electron chi connectivity index (χ4n) is 2.61. The Morgan fingerprint density at radius 1 is 1.12 bits per heavy atom. The van der Waals surface area contributed by atoms with Crippen LogP contribution in [0.5, 0.6) is 5.75 Å². The van der Waals surface area contributed by atoms with Gasteiger partial charge in [-0.1, -0.05) is 42.1 Å². The molecule has 0 N–H and O–H groups in total. The quantitative estimate of drug-likeness (QED) is 0.436. The molecule has 0 aliphatic carbocycles. The highest BCUT2D eigenvalue weighted by atomic mass is 32.2. The molecular weight excluding hydrogens is 346 g/mol. The molecule has 0 fully saturated rings. The smallest absolute Gasteiger partial charge is 0.196 e. The fraction of sp³-hybridized carbons (Fsp3) is 0.250. The average Bonchev–Trinajstić information content (AvgIpc) is 3.09. The van der Waals surface area contributed by atoms with Gasteiger partial charge in [0.25, 0.3) is 0 Å². The van der Waals surface area contributed by atoms with E-state index in [1.54, 1.807) is 25.8 Å². The Kier molecular flexibility index (Phi) is 6.07. The van der Waals surface area contributed by atoms with Crippen LogP contribution in [0.2, 0.25) is 0 Å². The minimum Gasteiger partial charge on any atom is -0.497 e. The predicted molar refractivity (Wildman–Crippen MR) is 104 cm³/mol. The molecule has 0 radical (unpaired) electrons. The highest BCUT2D eigenvalue weighted by Gasteiger charge is 2.16. The Morgan fingerprint density at radius 2 is 1.92 bits per heavy atom. The summed E-state index contributed by atoms with van der Waals surface area (Å²) in [4.78, 5) is 11.1. The molecule has 0 amide bonds. The van der Waals surface area contributed by atoms with Gasteiger partial charge in [0.2, 0.25) is 0 Å². The van der Waals surface area contributed by atoms with E-state index in [0.717, 1.165) is 40.2 Å². The number of benzene rings is 2. The number of nitrogens with zero attached hydrogens (tertiary/aromatic N) is 3. The maximum atomic E-state index is 11.1. The number of rotatable bonds is 8. The van der Waals surface area contributed by atoms with Gasteiger partial charge in [-0.05, 0) is 37.6 Å². The van der Waals surface area contributed by atoms with Crippen LogP contribution >= 0.6 is 11.8 Å². The number of ketones is 1. The fourth-order valence-corrected chi connectivity index (χ4v) is 3.50. The summed E-state index contributed by atoms with van der Waals surface area (Å²) in [5, 5.41) is 9.63. The molecule has 3 aromatic rings. The maximum Gasteiger partial charge on any atom is 0.196 e. The van der Waals surface area contributed by atoms with Gasteiger partial charge in [-0.15, -0.1) is 10.2 Å². The van der Waals surface area contributed by atoms with Gasteiger partial charge >= 0.3 is 0 Å². The second-order valence-corrected chi connectivity index (χ2v) is 6.93. The van der Waals surface area contributed by atoms with Crippen molar-refractivity contribution >= 4 is 17.5 Å². The van der Waals surface area contributed by atoms with E-state index in [0.29, 0.717) is 6.42 Å². The highest BCUT2D eigenvalue weighted by molar-refractivity contribution is 7.99. The standard InChI is InChI=1S/C20H21N3O2S/c1-15(24)8-7-13-26-20-22-21-19(16-9-6-12-18(14-16)25-2)23(20)17-10-4-3-5-11-17/h3-6,9-12,14H,7-8,13H2,1-2H3. The second kappa shape index (κ2) is 8.67. The third-order valence-electron chi connectivity index (χ3n) is 3.88. The molecule has 3 rings (SSSR count). The number of ether oxygens (including phenoxy) is 1. The number of carbonyl (C=O) groups excluding carboxylic acids is 1. The Hall–Kier alpha value is -2.60. The molecule has 0 bridgehead atoms. The van der Waals surface area contributed by atoms with Crippen molar-refractivity contribution in [3.8, 4) is 22.8 Å². The summed E-state index contributed by atoms with van der Waals surface area (Å²) in [5.41, 5.74) is 1.95. The normalized spacial score (nSPS) is 10.7. The third kappa shape index (κ3) is 4.32. The summed E-state index contributed by atoms with van der Waals surface area (Å²) in [6.07, 6.45) is 1.42. The van der Waals surface area contributed by atoms with Crippen molar-refractivity contribution in [2.45, 2.75) is 24.9 Å². The zero-order valence-corrected chi connectivity index (χ0v) is 15.7. The molecule has 0 unspecified atom stereocenters. The zero-order chi connectivity index (χ0) is 18.4. The van der Waals surface area contributed by atoms with E-state index < -0.39 is 0 Å². The van der Waals surface area contributed by atoms with Crippen molar-refractivity contribution in [2.24, 2.45) is 0 Å². The highest BCUT2D eigenvalue weighted by Crippen LogP contribution is 2.30. The van der Waals surface area contributed by atoms with Gasteiger partial charge in [0.15, 0.2) is 11.0 Å². The first-order valence-corrected chi connectivity index (χ1v) is 9.45. The Bertz CT molecular complexity index is 878. The monoisotopic (exact) mass is 367 g/mol. The van der Waals surface area contributed by atoms with E-state index in [4.69, 9.17) is 4.74 Å². The van der Waals surface area contributed by atoms with Crippen LogP contribution in [0.15, 0.2) is 59.8 Å². The van der Waals surface area contributed by atoms with Crippen LogP contribution in [0, 0.1) is 0 Å². The summed E-state index contributed by atoms with van der Waals surface area (Å²) in [5.74, 6) is 2.58. The molecule has 2 aromatic carbocycles. The number of carbonyl (C=O) groups is 1. The van der Waals surface area contributed by atoms with Gasteiger partial charge in [0.05, 0.1) is 7.11 Å². The lowest BCUT2D eigenvalue weighted by molar-refractivity contribution is -0.117. The lowest BCUT2D eigenvalue weighted by Crippen LogP contribution is -2.00. The number of methoxy groups -OCH3 is 1. The van der Waals surface area contributed by atoms with Crippen LogP contribution in [-0.4, -0.2) is 33.4 Å². The van der Waals surface area contributed by atoms with Gasteiger partial charge in [-0.3, -0.25) is 4.57 Å². The van der Waals surface area contributed by atoms with Crippen LogP contribution in [-0.2, 0) is 4.79 Å². The van der Waals surface area contributed by atoms with E-state index in [2.05, 4.69) is 10.2 Å². The molecule has 134 valence electrons. The number of para-hydroxylation sites is 1. The SMILES string of the molecule is COc1cccc(-c2nnc(SCCCC(C)=O)n2-c2ccccc2)c1. The minimum absolute atomic E-state index is 0.215. The van der Waals surface area contributed by atoms with Crippen molar-refractivity contribution in [2.75, 3.05) is 12.9 Å². The molecule has 5 nitrogen and oxygen atoms in total. The maximum absolute atomic E-state index is 11.1. The van der Waals surface area contributed by atoms with Crippen molar-refractivity contribution in [3.05, 3.63) is 54.6 Å². The predicted octanol–water partition coefficient (Wildman–Crippen LogP) is 4.40. The molecule has 0 atom stereocenters. The molecule has 0 aliphatic rings. The Morgan fingerprint density at radius 3 is 2.65 bits per heavy atom. The van der Waals surface area contributed by atoms with Crippen LogP contribution < -0.4 is 4.74 Å². The van der Waals surface area contributed by atoms with E-state index in [1.807, 2.05) is 59.2 Å². The van der Waals surface area contributed by atoms with Crippen LogP contribution in [0.25, 0.3) is 17.1 Å². The summed E-state index contributed by atoms with van der Waals surface area (Å²) >= 11 is 1.62. The third-order valence-corrected chi connectivity index (χ3v) is 4.90. The Balaban J connectivity index is 1.95. The molecule has 0 saturated heterocycles. The van der Waals surface area contributed by atoms with E-state index >= 15 is 0 Å². The topological polar surface area (TPSA) is 57.0 Å². The lowest BCUT2D eigenvalue weighted by atomic mass is 10.2. The Labute approximate surface area is 157 Å². The van der Waals surface area contributed by atoms with Gasteiger partial charge in [0, 0.05) is 23.4 Å². The van der Waals surface area contributed by atoms with Crippen LogP contribution in [0.3, 0.4) is 0 Å². The molecule has 1 heterocycles. The van der Waals surface area contributed by atoms with Crippen molar-refractivity contribution in [3.63, 3.8) is 0 Å². The number of thioether (sulfide) groups is 1. The average molecular weight is 367 g/mol. The molecule has 1 aromatic heterocycles.